The van der Waals surface area contributed by atoms with E-state index in [2.05, 4.69) is 15.3 Å². The molecule has 1 saturated heterocycles. The first-order chi connectivity index (χ1) is 14.5. The number of hydrogen-bond donors (Lipinski definition) is 1. The van der Waals surface area contributed by atoms with Gasteiger partial charge in [0.05, 0.1) is 20.0 Å². The Morgan fingerprint density at radius 1 is 1.03 bits per heavy atom. The molecule has 30 heavy (non-hydrogen) atoms. The van der Waals surface area contributed by atoms with Crippen LogP contribution in [0.25, 0.3) is 0 Å². The fourth-order valence-corrected chi connectivity index (χ4v) is 4.54. The lowest BCUT2D eigenvalue weighted by atomic mass is 10.1. The Morgan fingerprint density at radius 3 is 2.20 bits per heavy atom. The quantitative estimate of drug-likeness (QED) is 0.633. The highest BCUT2D eigenvalue weighted by Crippen LogP contribution is 2.27. The fraction of sp³-hybridized carbons (Fsp3) is 0.421. The lowest BCUT2D eigenvalue weighted by Gasteiger charge is -2.33. The van der Waals surface area contributed by atoms with Crippen molar-refractivity contribution in [2.45, 2.75) is 0 Å². The van der Waals surface area contributed by atoms with E-state index in [1.807, 2.05) is 4.90 Å². The molecule has 0 atom stereocenters. The van der Waals surface area contributed by atoms with E-state index in [1.54, 1.807) is 36.7 Å². The smallest absolute Gasteiger partial charge is 0.258 e. The molecule has 1 aromatic carbocycles. The van der Waals surface area contributed by atoms with Gasteiger partial charge in [-0.3, -0.25) is 4.79 Å². The molecule has 2 heterocycles. The minimum absolute atomic E-state index is 0.0234. The number of benzene rings is 1. The van der Waals surface area contributed by atoms with Crippen LogP contribution in [0.1, 0.15) is 10.4 Å². The van der Waals surface area contributed by atoms with Crippen molar-refractivity contribution < 1.29 is 22.7 Å². The molecular weight excluding hydrogens is 410 g/mol. The number of nitrogens with one attached hydrogen (secondary N) is 1. The van der Waals surface area contributed by atoms with Crippen molar-refractivity contribution in [2.75, 3.05) is 57.6 Å². The van der Waals surface area contributed by atoms with Gasteiger partial charge >= 0.3 is 0 Å². The molecule has 11 heteroatoms. The maximum atomic E-state index is 12.7. The Labute approximate surface area is 175 Å². The zero-order chi connectivity index (χ0) is 21.6. The molecule has 3 rings (SSSR count). The molecular formula is C19H25N5O5S. The molecule has 0 aliphatic carbocycles. The summed E-state index contributed by atoms with van der Waals surface area (Å²) in [6, 6.07) is 6.73. The number of rotatable bonds is 8. The summed E-state index contributed by atoms with van der Waals surface area (Å²) in [6.45, 7) is 1.68. The van der Waals surface area contributed by atoms with Crippen LogP contribution >= 0.6 is 0 Å². The SMILES string of the molecule is COc1cccc(OC)c1C(=O)NCCS(=O)(=O)N1CCN(c2ncccn2)CC1. The van der Waals surface area contributed by atoms with E-state index in [0.717, 1.165) is 0 Å². The first-order valence-corrected chi connectivity index (χ1v) is 11.1. The minimum atomic E-state index is -3.51. The fourth-order valence-electron chi connectivity index (χ4n) is 3.21. The molecule has 0 spiro atoms. The number of nitrogens with zero attached hydrogens (tertiary/aromatic N) is 4. The first kappa shape index (κ1) is 21.8. The van der Waals surface area contributed by atoms with Crippen molar-refractivity contribution >= 4 is 21.9 Å². The lowest BCUT2D eigenvalue weighted by molar-refractivity contribution is 0.0950. The van der Waals surface area contributed by atoms with Crippen LogP contribution in [0, 0.1) is 0 Å². The van der Waals surface area contributed by atoms with Gasteiger partial charge in [0, 0.05) is 45.1 Å². The van der Waals surface area contributed by atoms with Gasteiger partial charge < -0.3 is 19.7 Å². The predicted molar refractivity (Wildman–Crippen MR) is 111 cm³/mol. The molecule has 1 fully saturated rings. The van der Waals surface area contributed by atoms with Crippen molar-refractivity contribution in [3.63, 3.8) is 0 Å². The predicted octanol–water partition coefficient (Wildman–Crippen LogP) is 0.376. The van der Waals surface area contributed by atoms with Crippen LogP contribution in [0.4, 0.5) is 5.95 Å². The van der Waals surface area contributed by atoms with E-state index in [1.165, 1.54) is 18.5 Å². The van der Waals surface area contributed by atoms with Gasteiger partial charge in [-0.05, 0) is 18.2 Å². The van der Waals surface area contributed by atoms with Crippen LogP contribution in [-0.2, 0) is 10.0 Å². The van der Waals surface area contributed by atoms with Crippen LogP contribution in [0.2, 0.25) is 0 Å². The third-order valence-corrected chi connectivity index (χ3v) is 6.64. The van der Waals surface area contributed by atoms with Crippen LogP contribution in [0.3, 0.4) is 0 Å². The van der Waals surface area contributed by atoms with Crippen molar-refractivity contribution in [1.29, 1.82) is 0 Å². The number of carbonyl (C=O) groups excluding carboxylic acids is 1. The normalized spacial score (nSPS) is 14.9. The van der Waals surface area contributed by atoms with Crippen LogP contribution in [0.15, 0.2) is 36.7 Å². The number of piperazine rings is 1. The Bertz CT molecular complexity index is 940. The van der Waals surface area contributed by atoms with Gasteiger partial charge in [0.15, 0.2) is 0 Å². The summed E-state index contributed by atoms with van der Waals surface area (Å²) in [5, 5.41) is 2.64. The summed E-state index contributed by atoms with van der Waals surface area (Å²) in [5.41, 5.74) is 0.233. The van der Waals surface area contributed by atoms with Gasteiger partial charge in [0.25, 0.3) is 5.91 Å². The molecule has 1 amide bonds. The summed E-state index contributed by atoms with van der Waals surface area (Å²) >= 11 is 0. The number of anilines is 1. The molecule has 10 nitrogen and oxygen atoms in total. The third-order valence-electron chi connectivity index (χ3n) is 4.77. The number of methoxy groups -OCH3 is 2. The molecule has 1 aliphatic heterocycles. The Hall–Kier alpha value is -2.92. The van der Waals surface area contributed by atoms with Crippen LogP contribution in [0.5, 0.6) is 11.5 Å². The maximum absolute atomic E-state index is 12.7. The van der Waals surface area contributed by atoms with Gasteiger partial charge in [-0.2, -0.15) is 4.31 Å². The van der Waals surface area contributed by atoms with E-state index >= 15 is 0 Å². The van der Waals surface area contributed by atoms with E-state index in [-0.39, 0.29) is 17.9 Å². The highest BCUT2D eigenvalue weighted by Gasteiger charge is 2.28. The molecule has 162 valence electrons. The Balaban J connectivity index is 1.54. The average molecular weight is 436 g/mol. The second-order valence-electron chi connectivity index (χ2n) is 6.54. The van der Waals surface area contributed by atoms with Gasteiger partial charge in [-0.25, -0.2) is 18.4 Å². The second-order valence-corrected chi connectivity index (χ2v) is 8.63. The lowest BCUT2D eigenvalue weighted by Crippen LogP contribution is -2.50. The second kappa shape index (κ2) is 9.72. The summed E-state index contributed by atoms with van der Waals surface area (Å²) in [4.78, 5) is 22.9. The molecule has 0 saturated carbocycles. The monoisotopic (exact) mass is 435 g/mol. The zero-order valence-corrected chi connectivity index (χ0v) is 17.8. The number of amides is 1. The van der Waals surface area contributed by atoms with Crippen molar-refractivity contribution in [3.8, 4) is 11.5 Å². The van der Waals surface area contributed by atoms with Gasteiger partial charge in [0.2, 0.25) is 16.0 Å². The van der Waals surface area contributed by atoms with E-state index in [9.17, 15) is 13.2 Å². The molecule has 1 aliphatic rings. The van der Waals surface area contributed by atoms with Gasteiger partial charge in [-0.1, -0.05) is 6.07 Å². The maximum Gasteiger partial charge on any atom is 0.258 e. The minimum Gasteiger partial charge on any atom is -0.496 e. The average Bonchev–Trinajstić information content (AvgIpc) is 2.78. The number of hydrogen-bond acceptors (Lipinski definition) is 8. The third kappa shape index (κ3) is 4.97. The van der Waals surface area contributed by atoms with Crippen molar-refractivity contribution in [1.82, 2.24) is 19.6 Å². The molecule has 1 aromatic heterocycles. The molecule has 1 N–H and O–H groups in total. The summed E-state index contributed by atoms with van der Waals surface area (Å²) in [6.07, 6.45) is 3.32. The van der Waals surface area contributed by atoms with Crippen LogP contribution < -0.4 is 19.7 Å². The van der Waals surface area contributed by atoms with Crippen LogP contribution in [-0.4, -0.2) is 81.3 Å². The molecule has 2 aromatic rings. The topological polar surface area (TPSA) is 114 Å². The largest absolute Gasteiger partial charge is 0.496 e. The number of ether oxygens (including phenoxy) is 2. The zero-order valence-electron chi connectivity index (χ0n) is 16.9. The molecule has 0 unspecified atom stereocenters. The van der Waals surface area contributed by atoms with E-state index < -0.39 is 15.9 Å². The number of sulfonamides is 1. The number of aromatic nitrogens is 2. The van der Waals surface area contributed by atoms with Crippen molar-refractivity contribution in [3.05, 3.63) is 42.2 Å². The molecule has 0 bridgehead atoms. The van der Waals surface area contributed by atoms with E-state index in [4.69, 9.17) is 9.47 Å². The van der Waals surface area contributed by atoms with Crippen molar-refractivity contribution in [2.24, 2.45) is 0 Å². The highest BCUT2D eigenvalue weighted by molar-refractivity contribution is 7.89. The highest BCUT2D eigenvalue weighted by atomic mass is 32.2. The first-order valence-electron chi connectivity index (χ1n) is 9.45. The standard InChI is InChI=1S/C19H25N5O5S/c1-28-15-5-3-6-16(29-2)17(15)18(25)20-9-14-30(26,27)24-12-10-23(11-13-24)19-21-7-4-8-22-19/h3-8H,9-14H2,1-2H3,(H,20,25). The van der Waals surface area contributed by atoms with E-state index in [0.29, 0.717) is 43.6 Å². The summed E-state index contributed by atoms with van der Waals surface area (Å²) in [5.74, 6) is 0.652. The molecule has 0 radical (unpaired) electrons. The Morgan fingerprint density at radius 2 is 1.63 bits per heavy atom. The summed E-state index contributed by atoms with van der Waals surface area (Å²) in [7, 11) is -0.601. The Kier molecular flexibility index (Phi) is 7.06. The van der Waals surface area contributed by atoms with Gasteiger partial charge in [-0.15, -0.1) is 0 Å². The van der Waals surface area contributed by atoms with Gasteiger partial charge in [0.1, 0.15) is 17.1 Å². The number of carbonyl (C=O) groups is 1. The summed E-state index contributed by atoms with van der Waals surface area (Å²) < 4.78 is 37.2.